The van der Waals surface area contributed by atoms with Crippen molar-refractivity contribution in [2.24, 2.45) is 5.73 Å². The van der Waals surface area contributed by atoms with Crippen molar-refractivity contribution in [1.29, 1.82) is 5.26 Å². The van der Waals surface area contributed by atoms with E-state index in [4.69, 9.17) is 38.4 Å². The SMILES string of the molecule is N#CC1=C(N)Oc2cc(O)ccc2[C@H]1c1cc(Cl)c(OCc2ccc(F)cc2)c(Cl)c1. The van der Waals surface area contributed by atoms with Crippen LogP contribution < -0.4 is 15.2 Å². The number of phenolic OH excluding ortho intramolecular Hbond substituents is 1. The third-order valence-corrected chi connectivity index (χ3v) is 5.41. The van der Waals surface area contributed by atoms with E-state index in [0.29, 0.717) is 16.9 Å². The number of ether oxygens (including phenoxy) is 2. The minimum atomic E-state index is -0.588. The Morgan fingerprint density at radius 2 is 1.77 bits per heavy atom. The number of phenols is 1. The summed E-state index contributed by atoms with van der Waals surface area (Å²) in [5, 5.41) is 19.9. The summed E-state index contributed by atoms with van der Waals surface area (Å²) in [6.45, 7) is 0.148. The minimum absolute atomic E-state index is 0.00585. The second-order valence-corrected chi connectivity index (χ2v) is 7.69. The molecule has 3 aromatic carbocycles. The topological polar surface area (TPSA) is 88.5 Å². The highest BCUT2D eigenvalue weighted by Crippen LogP contribution is 2.46. The molecule has 3 N–H and O–H groups in total. The monoisotopic (exact) mass is 456 g/mol. The van der Waals surface area contributed by atoms with Gasteiger partial charge in [0, 0.05) is 11.6 Å². The van der Waals surface area contributed by atoms with Crippen LogP contribution in [0.4, 0.5) is 4.39 Å². The number of hydrogen-bond acceptors (Lipinski definition) is 5. The number of nitrogens with zero attached hydrogens (tertiary/aromatic N) is 1. The molecular formula is C23H15Cl2FN2O3. The number of halogens is 3. The maximum absolute atomic E-state index is 13.1. The molecule has 0 saturated carbocycles. The Kier molecular flexibility index (Phi) is 5.64. The molecule has 31 heavy (non-hydrogen) atoms. The number of nitrogens with two attached hydrogens (primary N) is 1. The molecule has 1 heterocycles. The fourth-order valence-electron chi connectivity index (χ4n) is 3.41. The zero-order valence-electron chi connectivity index (χ0n) is 15.9. The van der Waals surface area contributed by atoms with Gasteiger partial charge in [-0.1, -0.05) is 41.4 Å². The van der Waals surface area contributed by atoms with Gasteiger partial charge in [0.05, 0.1) is 16.0 Å². The van der Waals surface area contributed by atoms with Gasteiger partial charge in [0.1, 0.15) is 35.6 Å². The summed E-state index contributed by atoms with van der Waals surface area (Å²) in [7, 11) is 0. The predicted octanol–water partition coefficient (Wildman–Crippen LogP) is 5.64. The van der Waals surface area contributed by atoms with Gasteiger partial charge in [-0.25, -0.2) is 4.39 Å². The average molecular weight is 457 g/mol. The Balaban J connectivity index is 1.70. The van der Waals surface area contributed by atoms with Gasteiger partial charge in [0.25, 0.3) is 0 Å². The molecule has 0 aliphatic carbocycles. The molecule has 3 aromatic rings. The average Bonchev–Trinajstić information content (AvgIpc) is 2.73. The molecule has 1 aliphatic rings. The van der Waals surface area contributed by atoms with Crippen LogP contribution in [0.3, 0.4) is 0 Å². The van der Waals surface area contributed by atoms with E-state index < -0.39 is 5.92 Å². The lowest BCUT2D eigenvalue weighted by atomic mass is 9.83. The largest absolute Gasteiger partial charge is 0.508 e. The lowest BCUT2D eigenvalue weighted by Gasteiger charge is -2.27. The minimum Gasteiger partial charge on any atom is -0.508 e. The molecule has 0 radical (unpaired) electrons. The van der Waals surface area contributed by atoms with Gasteiger partial charge in [0.15, 0.2) is 5.75 Å². The third kappa shape index (κ3) is 4.11. The van der Waals surface area contributed by atoms with Crippen LogP contribution in [0.5, 0.6) is 17.2 Å². The van der Waals surface area contributed by atoms with Crippen LogP contribution in [0.1, 0.15) is 22.6 Å². The van der Waals surface area contributed by atoms with Crippen molar-refractivity contribution < 1.29 is 19.0 Å². The molecule has 0 bridgehead atoms. The smallest absolute Gasteiger partial charge is 0.205 e. The number of fused-ring (bicyclic) bond motifs is 1. The Morgan fingerprint density at radius 1 is 1.10 bits per heavy atom. The molecule has 1 atom stereocenters. The van der Waals surface area contributed by atoms with Crippen LogP contribution in [0.2, 0.25) is 10.0 Å². The molecule has 5 nitrogen and oxygen atoms in total. The van der Waals surface area contributed by atoms with E-state index in [9.17, 15) is 14.8 Å². The normalized spacial score (nSPS) is 15.1. The first-order valence-corrected chi connectivity index (χ1v) is 9.89. The quantitative estimate of drug-likeness (QED) is 0.530. The highest BCUT2D eigenvalue weighted by molar-refractivity contribution is 6.37. The summed E-state index contributed by atoms with van der Waals surface area (Å²) in [6, 6.07) is 15.8. The van der Waals surface area contributed by atoms with Crippen molar-refractivity contribution in [3.05, 3.63) is 98.6 Å². The van der Waals surface area contributed by atoms with E-state index in [1.165, 1.54) is 24.3 Å². The molecule has 0 aromatic heterocycles. The Bertz CT molecular complexity index is 1210. The van der Waals surface area contributed by atoms with Gasteiger partial charge in [-0.15, -0.1) is 0 Å². The van der Waals surface area contributed by atoms with Crippen molar-refractivity contribution in [1.82, 2.24) is 0 Å². The Hall–Kier alpha value is -3.40. The summed E-state index contributed by atoms with van der Waals surface area (Å²) >= 11 is 12.9. The summed E-state index contributed by atoms with van der Waals surface area (Å²) in [5.74, 6) is -0.374. The maximum atomic E-state index is 13.1. The van der Waals surface area contributed by atoms with E-state index in [-0.39, 0.29) is 45.4 Å². The van der Waals surface area contributed by atoms with Crippen LogP contribution in [0.25, 0.3) is 0 Å². The van der Waals surface area contributed by atoms with Crippen LogP contribution in [0.15, 0.2) is 66.1 Å². The lowest BCUT2D eigenvalue weighted by Crippen LogP contribution is -2.21. The molecule has 8 heteroatoms. The van der Waals surface area contributed by atoms with E-state index in [2.05, 4.69) is 6.07 Å². The van der Waals surface area contributed by atoms with Gasteiger partial charge in [-0.05, 0) is 41.5 Å². The van der Waals surface area contributed by atoms with E-state index >= 15 is 0 Å². The molecule has 0 unspecified atom stereocenters. The van der Waals surface area contributed by atoms with E-state index in [1.807, 2.05) is 0 Å². The number of benzene rings is 3. The van der Waals surface area contributed by atoms with E-state index in [1.54, 1.807) is 30.3 Å². The summed E-state index contributed by atoms with van der Waals surface area (Å²) in [5.41, 5.74) is 8.14. The second-order valence-electron chi connectivity index (χ2n) is 6.88. The number of aromatic hydroxyl groups is 1. The van der Waals surface area contributed by atoms with Gasteiger partial charge >= 0.3 is 0 Å². The molecule has 0 fully saturated rings. The van der Waals surface area contributed by atoms with Crippen molar-refractivity contribution in [3.8, 4) is 23.3 Å². The molecule has 4 rings (SSSR count). The second kappa shape index (κ2) is 8.38. The number of rotatable bonds is 4. The molecule has 156 valence electrons. The maximum Gasteiger partial charge on any atom is 0.205 e. The van der Waals surface area contributed by atoms with Crippen LogP contribution in [0, 0.1) is 17.1 Å². The van der Waals surface area contributed by atoms with Crippen molar-refractivity contribution in [2.45, 2.75) is 12.5 Å². The molecular weight excluding hydrogens is 442 g/mol. The first-order valence-electron chi connectivity index (χ1n) is 9.14. The van der Waals surface area contributed by atoms with Crippen LogP contribution >= 0.6 is 23.2 Å². The zero-order valence-corrected chi connectivity index (χ0v) is 17.4. The van der Waals surface area contributed by atoms with Crippen molar-refractivity contribution in [3.63, 3.8) is 0 Å². The van der Waals surface area contributed by atoms with Crippen molar-refractivity contribution in [2.75, 3.05) is 0 Å². The molecule has 0 spiro atoms. The number of allylic oxidation sites excluding steroid dienone is 1. The predicted molar refractivity (Wildman–Crippen MR) is 115 cm³/mol. The van der Waals surface area contributed by atoms with E-state index in [0.717, 1.165) is 5.56 Å². The fourth-order valence-corrected chi connectivity index (χ4v) is 4.02. The highest BCUT2D eigenvalue weighted by atomic mass is 35.5. The molecule has 0 saturated heterocycles. The van der Waals surface area contributed by atoms with Gasteiger partial charge in [0.2, 0.25) is 5.88 Å². The van der Waals surface area contributed by atoms with Gasteiger partial charge < -0.3 is 20.3 Å². The summed E-state index contributed by atoms with van der Waals surface area (Å²) in [4.78, 5) is 0. The lowest BCUT2D eigenvalue weighted by molar-refractivity contribution is 0.306. The standard InChI is InChI=1S/C23H15Cl2FN2O3/c24-18-7-13(8-19(25)22(18)30-11-12-1-3-14(26)4-2-12)21-16-6-5-15(29)9-20(16)31-23(28)17(21)10-27/h1-9,21,29H,11,28H2/t21-/m1/s1. The van der Waals surface area contributed by atoms with Gasteiger partial charge in [-0.2, -0.15) is 5.26 Å². The van der Waals surface area contributed by atoms with Gasteiger partial charge in [-0.3, -0.25) is 0 Å². The Morgan fingerprint density at radius 3 is 2.42 bits per heavy atom. The number of nitriles is 1. The summed E-state index contributed by atoms with van der Waals surface area (Å²) in [6.07, 6.45) is 0. The fraction of sp³-hybridized carbons (Fsp3) is 0.0870. The van der Waals surface area contributed by atoms with Crippen LogP contribution in [-0.4, -0.2) is 5.11 Å². The van der Waals surface area contributed by atoms with Crippen LogP contribution in [-0.2, 0) is 6.61 Å². The Labute approximate surface area is 187 Å². The third-order valence-electron chi connectivity index (χ3n) is 4.85. The molecule has 1 aliphatic heterocycles. The highest BCUT2D eigenvalue weighted by Gasteiger charge is 2.31. The first kappa shape index (κ1) is 20.9. The summed E-state index contributed by atoms with van der Waals surface area (Å²) < 4.78 is 24.3. The van der Waals surface area contributed by atoms with Crippen molar-refractivity contribution >= 4 is 23.2 Å². The molecule has 0 amide bonds. The first-order chi connectivity index (χ1) is 14.9. The number of hydrogen-bond donors (Lipinski definition) is 2. The zero-order chi connectivity index (χ0) is 22.1.